The number of hydrogen-bond donors (Lipinski definition) is 1. The lowest BCUT2D eigenvalue weighted by Crippen LogP contribution is -2.47. The lowest BCUT2D eigenvalue weighted by molar-refractivity contribution is 0.114. The predicted octanol–water partition coefficient (Wildman–Crippen LogP) is 3.29. The van der Waals surface area contributed by atoms with Crippen LogP contribution in [0.5, 0.6) is 0 Å². The molecule has 0 radical (unpaired) electrons. The van der Waals surface area contributed by atoms with Gasteiger partial charge in [-0.25, -0.2) is 0 Å². The van der Waals surface area contributed by atoms with Crippen molar-refractivity contribution in [3.05, 3.63) is 33.4 Å². The summed E-state index contributed by atoms with van der Waals surface area (Å²) in [6.07, 6.45) is 6.75. The van der Waals surface area contributed by atoms with E-state index in [-0.39, 0.29) is 0 Å². The summed E-state index contributed by atoms with van der Waals surface area (Å²) >= 11 is 2.38. The van der Waals surface area contributed by atoms with E-state index in [1.807, 2.05) is 0 Å². The maximum atomic E-state index is 3.60. The fourth-order valence-electron chi connectivity index (χ4n) is 4.16. The van der Waals surface area contributed by atoms with E-state index >= 15 is 0 Å². The van der Waals surface area contributed by atoms with E-state index < -0.39 is 0 Å². The largest absolute Gasteiger partial charge is 0.316 e. The van der Waals surface area contributed by atoms with E-state index in [1.165, 1.54) is 41.2 Å². The first-order chi connectivity index (χ1) is 9.67. The van der Waals surface area contributed by atoms with Crippen LogP contribution in [0.25, 0.3) is 0 Å². The zero-order valence-electron chi connectivity index (χ0n) is 12.5. The van der Waals surface area contributed by atoms with Crippen molar-refractivity contribution >= 4 is 22.6 Å². The highest BCUT2D eigenvalue weighted by Crippen LogP contribution is 2.39. The van der Waals surface area contributed by atoms with Crippen LogP contribution in [0.15, 0.2) is 24.3 Å². The number of rotatable bonds is 4. The summed E-state index contributed by atoms with van der Waals surface area (Å²) < 4.78 is 1.32. The van der Waals surface area contributed by atoms with Gasteiger partial charge in [-0.05, 0) is 92.4 Å². The van der Waals surface area contributed by atoms with Crippen LogP contribution in [0.2, 0.25) is 0 Å². The van der Waals surface area contributed by atoms with E-state index in [2.05, 4.69) is 71.2 Å². The van der Waals surface area contributed by atoms with Crippen LogP contribution in [-0.2, 0) is 6.42 Å². The van der Waals surface area contributed by atoms with Gasteiger partial charge in [-0.1, -0.05) is 12.1 Å². The number of nitrogens with zero attached hydrogens (tertiary/aromatic N) is 1. The molecule has 2 heterocycles. The van der Waals surface area contributed by atoms with Gasteiger partial charge in [-0.2, -0.15) is 0 Å². The number of fused-ring (bicyclic) bond motifs is 2. The molecule has 110 valence electrons. The summed E-state index contributed by atoms with van der Waals surface area (Å²) in [5, 5.41) is 3.60. The second kappa shape index (κ2) is 6.32. The summed E-state index contributed by atoms with van der Waals surface area (Å²) in [7, 11) is 4.46. The molecule has 3 unspecified atom stereocenters. The van der Waals surface area contributed by atoms with Gasteiger partial charge in [0.05, 0.1) is 0 Å². The highest BCUT2D eigenvalue weighted by molar-refractivity contribution is 14.1. The average molecular weight is 384 g/mol. The molecule has 1 aromatic rings. The van der Waals surface area contributed by atoms with Crippen molar-refractivity contribution < 1.29 is 0 Å². The van der Waals surface area contributed by atoms with Crippen molar-refractivity contribution in [3.63, 3.8) is 0 Å². The van der Waals surface area contributed by atoms with E-state index in [4.69, 9.17) is 0 Å². The zero-order valence-corrected chi connectivity index (χ0v) is 14.6. The molecule has 2 nitrogen and oxygen atoms in total. The normalized spacial score (nSPS) is 31.4. The molecule has 2 bridgehead atoms. The Morgan fingerprint density at radius 3 is 2.35 bits per heavy atom. The molecular weight excluding hydrogens is 359 g/mol. The van der Waals surface area contributed by atoms with Gasteiger partial charge in [-0.3, -0.25) is 0 Å². The smallest absolute Gasteiger partial charge is 0.0134 e. The Labute approximate surface area is 136 Å². The average Bonchev–Trinajstić information content (AvgIpc) is 2.67. The molecule has 0 spiro atoms. The van der Waals surface area contributed by atoms with Crippen LogP contribution in [0, 0.1) is 9.49 Å². The molecule has 2 fully saturated rings. The molecule has 0 saturated carbocycles. The number of hydrogen-bond acceptors (Lipinski definition) is 2. The number of piperidine rings is 1. The molecule has 20 heavy (non-hydrogen) atoms. The minimum atomic E-state index is 0.631. The Bertz CT molecular complexity index is 431. The molecule has 2 saturated heterocycles. The summed E-state index contributed by atoms with van der Waals surface area (Å²) in [5.74, 6) is 0.841. The SMILES string of the molecule is CNC(Cc1ccc(I)cc1)C1CC2CCC(C1)N2C. The van der Waals surface area contributed by atoms with E-state index in [0.29, 0.717) is 6.04 Å². The van der Waals surface area contributed by atoms with Gasteiger partial charge in [0.25, 0.3) is 0 Å². The summed E-state index contributed by atoms with van der Waals surface area (Å²) in [4.78, 5) is 2.63. The molecule has 1 N–H and O–H groups in total. The standard InChI is InChI=1S/C17H25IN2/c1-19-17(9-12-3-5-14(18)6-4-12)13-10-15-7-8-16(11-13)20(15)2/h3-6,13,15-17,19H,7-11H2,1-2H3. The van der Waals surface area contributed by atoms with Gasteiger partial charge in [0.2, 0.25) is 0 Å². The zero-order chi connectivity index (χ0) is 14.1. The van der Waals surface area contributed by atoms with Crippen molar-refractivity contribution in [2.45, 2.75) is 50.2 Å². The molecule has 3 heteroatoms. The first kappa shape index (κ1) is 14.8. The van der Waals surface area contributed by atoms with Crippen molar-refractivity contribution in [2.75, 3.05) is 14.1 Å². The minimum Gasteiger partial charge on any atom is -0.316 e. The number of likely N-dealkylation sites (N-methyl/N-ethyl adjacent to an activating group) is 1. The Morgan fingerprint density at radius 2 is 1.80 bits per heavy atom. The Kier molecular flexibility index (Phi) is 4.68. The topological polar surface area (TPSA) is 15.3 Å². The minimum absolute atomic E-state index is 0.631. The highest BCUT2D eigenvalue weighted by Gasteiger charge is 2.40. The van der Waals surface area contributed by atoms with Crippen molar-refractivity contribution in [3.8, 4) is 0 Å². The third-order valence-electron chi connectivity index (χ3n) is 5.44. The second-order valence-corrected chi connectivity index (χ2v) is 7.75. The van der Waals surface area contributed by atoms with E-state index in [9.17, 15) is 0 Å². The first-order valence-electron chi connectivity index (χ1n) is 7.81. The van der Waals surface area contributed by atoms with Crippen LogP contribution >= 0.6 is 22.6 Å². The van der Waals surface area contributed by atoms with Crippen LogP contribution < -0.4 is 5.32 Å². The molecule has 1 aromatic carbocycles. The van der Waals surface area contributed by atoms with Crippen LogP contribution in [0.3, 0.4) is 0 Å². The van der Waals surface area contributed by atoms with Crippen molar-refractivity contribution in [1.82, 2.24) is 10.2 Å². The third-order valence-corrected chi connectivity index (χ3v) is 6.16. The Balaban J connectivity index is 1.66. The van der Waals surface area contributed by atoms with Crippen LogP contribution in [0.4, 0.5) is 0 Å². The van der Waals surface area contributed by atoms with Gasteiger partial charge in [0.15, 0.2) is 0 Å². The van der Waals surface area contributed by atoms with Crippen LogP contribution in [-0.4, -0.2) is 37.1 Å². The maximum absolute atomic E-state index is 3.60. The summed E-state index contributed by atoms with van der Waals surface area (Å²) in [6.45, 7) is 0. The monoisotopic (exact) mass is 384 g/mol. The molecule has 0 aliphatic carbocycles. The van der Waals surface area contributed by atoms with Crippen LogP contribution in [0.1, 0.15) is 31.2 Å². The fraction of sp³-hybridized carbons (Fsp3) is 0.647. The van der Waals surface area contributed by atoms with Gasteiger partial charge >= 0.3 is 0 Å². The van der Waals surface area contributed by atoms with Gasteiger partial charge in [0, 0.05) is 21.7 Å². The lowest BCUT2D eigenvalue weighted by Gasteiger charge is -2.40. The fourth-order valence-corrected chi connectivity index (χ4v) is 4.52. The van der Waals surface area contributed by atoms with Crippen molar-refractivity contribution in [2.24, 2.45) is 5.92 Å². The molecule has 3 atom stereocenters. The Hall–Kier alpha value is -0.130. The molecule has 2 aliphatic heterocycles. The third kappa shape index (κ3) is 3.04. The maximum Gasteiger partial charge on any atom is 0.0134 e. The summed E-state index contributed by atoms with van der Waals surface area (Å²) in [6, 6.07) is 11.3. The number of nitrogens with one attached hydrogen (secondary N) is 1. The number of benzene rings is 1. The van der Waals surface area contributed by atoms with Crippen molar-refractivity contribution in [1.29, 1.82) is 0 Å². The van der Waals surface area contributed by atoms with Gasteiger partial charge < -0.3 is 10.2 Å². The molecule has 2 aliphatic rings. The summed E-state index contributed by atoms with van der Waals surface area (Å²) in [5.41, 5.74) is 1.47. The second-order valence-electron chi connectivity index (χ2n) is 6.51. The lowest BCUT2D eigenvalue weighted by atomic mass is 9.82. The molecular formula is C17H25IN2. The number of halogens is 1. The van der Waals surface area contributed by atoms with Gasteiger partial charge in [-0.15, -0.1) is 0 Å². The molecule has 0 amide bonds. The quantitative estimate of drug-likeness (QED) is 0.802. The van der Waals surface area contributed by atoms with E-state index in [0.717, 1.165) is 18.0 Å². The highest BCUT2D eigenvalue weighted by atomic mass is 127. The molecule has 3 rings (SSSR count). The first-order valence-corrected chi connectivity index (χ1v) is 8.89. The van der Waals surface area contributed by atoms with Gasteiger partial charge in [0.1, 0.15) is 0 Å². The van der Waals surface area contributed by atoms with E-state index in [1.54, 1.807) is 0 Å². The molecule has 0 aromatic heterocycles. The predicted molar refractivity (Wildman–Crippen MR) is 93.0 cm³/mol. The Morgan fingerprint density at radius 1 is 1.20 bits per heavy atom.